The highest BCUT2D eigenvalue weighted by Crippen LogP contribution is 2.28. The molecule has 0 radical (unpaired) electrons. The summed E-state index contributed by atoms with van der Waals surface area (Å²) in [6.45, 7) is 1.94. The maximum absolute atomic E-state index is 13.9. The molecule has 0 aliphatic carbocycles. The second kappa shape index (κ2) is 6.48. The van der Waals surface area contributed by atoms with Gasteiger partial charge in [0.2, 0.25) is 0 Å². The van der Waals surface area contributed by atoms with Crippen LogP contribution in [0.2, 0.25) is 0 Å². The number of benzene rings is 2. The average molecular weight is 277 g/mol. The molecule has 1 unspecified atom stereocenters. The largest absolute Gasteiger partial charge is 0.457 e. The Morgan fingerprint density at radius 2 is 1.90 bits per heavy atom. The van der Waals surface area contributed by atoms with Crippen LogP contribution in [0, 0.1) is 11.6 Å². The van der Waals surface area contributed by atoms with Crippen LogP contribution in [0.4, 0.5) is 8.78 Å². The lowest BCUT2D eigenvalue weighted by Crippen LogP contribution is -2.22. The fourth-order valence-electron chi connectivity index (χ4n) is 1.90. The van der Waals surface area contributed by atoms with Gasteiger partial charge in [-0.15, -0.1) is 0 Å². The first-order valence-corrected chi connectivity index (χ1v) is 6.56. The van der Waals surface area contributed by atoms with E-state index in [1.165, 1.54) is 18.2 Å². The normalized spacial score (nSPS) is 12.2. The second-order valence-corrected chi connectivity index (χ2v) is 4.65. The molecular formula is C16H17F2NO. The first-order chi connectivity index (χ1) is 9.60. The van der Waals surface area contributed by atoms with Crippen molar-refractivity contribution in [3.05, 3.63) is 59.7 Å². The first-order valence-electron chi connectivity index (χ1n) is 6.56. The van der Waals surface area contributed by atoms with E-state index in [0.717, 1.165) is 6.42 Å². The molecule has 0 bridgehead atoms. The van der Waals surface area contributed by atoms with Crippen molar-refractivity contribution in [1.29, 1.82) is 0 Å². The summed E-state index contributed by atoms with van der Waals surface area (Å²) in [4.78, 5) is 0. The quantitative estimate of drug-likeness (QED) is 0.895. The van der Waals surface area contributed by atoms with E-state index in [0.29, 0.717) is 23.5 Å². The molecule has 0 heterocycles. The maximum Gasteiger partial charge on any atom is 0.133 e. The van der Waals surface area contributed by atoms with Crippen LogP contribution >= 0.6 is 0 Å². The summed E-state index contributed by atoms with van der Waals surface area (Å²) in [6, 6.07) is 10.2. The van der Waals surface area contributed by atoms with Crippen molar-refractivity contribution in [2.45, 2.75) is 25.8 Å². The Kier molecular flexibility index (Phi) is 4.69. The molecule has 0 saturated carbocycles. The summed E-state index contributed by atoms with van der Waals surface area (Å²) in [5.74, 6) is -0.0464. The van der Waals surface area contributed by atoms with Crippen LogP contribution in [-0.4, -0.2) is 6.04 Å². The predicted molar refractivity (Wildman–Crippen MR) is 74.8 cm³/mol. The van der Waals surface area contributed by atoms with Crippen LogP contribution in [0.1, 0.15) is 18.9 Å². The summed E-state index contributed by atoms with van der Waals surface area (Å²) in [5.41, 5.74) is 6.30. The van der Waals surface area contributed by atoms with Gasteiger partial charge in [-0.2, -0.15) is 0 Å². The minimum atomic E-state index is -0.397. The summed E-state index contributed by atoms with van der Waals surface area (Å²) < 4.78 is 32.6. The zero-order valence-corrected chi connectivity index (χ0v) is 11.3. The Balaban J connectivity index is 2.29. The molecule has 0 saturated heterocycles. The molecule has 0 aliphatic rings. The fraction of sp³-hybridized carbons (Fsp3) is 0.250. The minimum absolute atomic E-state index is 0.137. The molecule has 0 aromatic heterocycles. The molecule has 0 amide bonds. The number of nitrogens with two attached hydrogens (primary N) is 1. The highest BCUT2D eigenvalue weighted by atomic mass is 19.1. The van der Waals surface area contributed by atoms with Crippen LogP contribution in [0.25, 0.3) is 0 Å². The fourth-order valence-corrected chi connectivity index (χ4v) is 1.90. The highest BCUT2D eigenvalue weighted by molar-refractivity contribution is 5.39. The Morgan fingerprint density at radius 3 is 2.60 bits per heavy atom. The van der Waals surface area contributed by atoms with Crippen LogP contribution in [0.3, 0.4) is 0 Å². The van der Waals surface area contributed by atoms with E-state index in [1.807, 2.05) is 6.92 Å². The van der Waals surface area contributed by atoms with Gasteiger partial charge in [-0.3, -0.25) is 0 Å². The molecule has 106 valence electrons. The molecule has 2 aromatic rings. The number of hydrogen-bond donors (Lipinski definition) is 1. The van der Waals surface area contributed by atoms with Gasteiger partial charge in [-0.25, -0.2) is 8.78 Å². The van der Waals surface area contributed by atoms with E-state index in [4.69, 9.17) is 10.5 Å². The summed E-state index contributed by atoms with van der Waals surface area (Å²) in [6.07, 6.45) is 1.13. The number of rotatable bonds is 5. The molecule has 0 aliphatic heterocycles. The van der Waals surface area contributed by atoms with E-state index >= 15 is 0 Å². The van der Waals surface area contributed by atoms with Crippen molar-refractivity contribution in [2.24, 2.45) is 5.73 Å². The molecule has 0 fully saturated rings. The van der Waals surface area contributed by atoms with Crippen LogP contribution in [-0.2, 0) is 6.42 Å². The van der Waals surface area contributed by atoms with E-state index in [-0.39, 0.29) is 11.9 Å². The highest BCUT2D eigenvalue weighted by Gasteiger charge is 2.13. The lowest BCUT2D eigenvalue weighted by Gasteiger charge is -2.15. The van der Waals surface area contributed by atoms with E-state index < -0.39 is 5.82 Å². The molecule has 2 aromatic carbocycles. The lowest BCUT2D eigenvalue weighted by atomic mass is 10.0. The van der Waals surface area contributed by atoms with Gasteiger partial charge in [0.15, 0.2) is 0 Å². The monoisotopic (exact) mass is 277 g/mol. The Morgan fingerprint density at radius 1 is 1.15 bits per heavy atom. The second-order valence-electron chi connectivity index (χ2n) is 4.65. The van der Waals surface area contributed by atoms with Gasteiger partial charge >= 0.3 is 0 Å². The summed E-state index contributed by atoms with van der Waals surface area (Å²) in [7, 11) is 0. The minimum Gasteiger partial charge on any atom is -0.457 e. The molecular weight excluding hydrogens is 260 g/mol. The third-order valence-electron chi connectivity index (χ3n) is 3.09. The van der Waals surface area contributed by atoms with Crippen LogP contribution < -0.4 is 10.5 Å². The van der Waals surface area contributed by atoms with E-state index in [9.17, 15) is 8.78 Å². The van der Waals surface area contributed by atoms with Crippen molar-refractivity contribution in [2.75, 3.05) is 0 Å². The van der Waals surface area contributed by atoms with E-state index in [1.54, 1.807) is 24.3 Å². The third kappa shape index (κ3) is 3.54. The molecule has 2 N–H and O–H groups in total. The molecule has 1 atom stereocenters. The SMILES string of the molecule is CCC(N)Cc1c(F)cccc1Oc1cccc(F)c1. The predicted octanol–water partition coefficient (Wildman–Crippen LogP) is 4.04. The Labute approximate surface area is 117 Å². The Bertz CT molecular complexity index is 586. The van der Waals surface area contributed by atoms with Gasteiger partial charge in [0.25, 0.3) is 0 Å². The maximum atomic E-state index is 13.9. The van der Waals surface area contributed by atoms with Gasteiger partial charge in [-0.05, 0) is 37.1 Å². The molecule has 4 heteroatoms. The average Bonchev–Trinajstić information content (AvgIpc) is 2.42. The summed E-state index contributed by atoms with van der Waals surface area (Å²) >= 11 is 0. The number of ether oxygens (including phenoxy) is 1. The lowest BCUT2D eigenvalue weighted by molar-refractivity contribution is 0.457. The van der Waals surface area contributed by atoms with Gasteiger partial charge in [0.1, 0.15) is 23.1 Å². The zero-order chi connectivity index (χ0) is 14.5. The molecule has 2 nitrogen and oxygen atoms in total. The van der Waals surface area contributed by atoms with Crippen molar-refractivity contribution in [1.82, 2.24) is 0 Å². The van der Waals surface area contributed by atoms with Crippen LogP contribution in [0.15, 0.2) is 42.5 Å². The molecule has 20 heavy (non-hydrogen) atoms. The van der Waals surface area contributed by atoms with Gasteiger partial charge in [-0.1, -0.05) is 19.1 Å². The zero-order valence-electron chi connectivity index (χ0n) is 11.3. The third-order valence-corrected chi connectivity index (χ3v) is 3.09. The van der Waals surface area contributed by atoms with Crippen molar-refractivity contribution in [3.8, 4) is 11.5 Å². The smallest absolute Gasteiger partial charge is 0.133 e. The molecule has 2 rings (SSSR count). The van der Waals surface area contributed by atoms with Gasteiger partial charge in [0, 0.05) is 17.7 Å². The number of hydrogen-bond acceptors (Lipinski definition) is 2. The van der Waals surface area contributed by atoms with E-state index in [2.05, 4.69) is 0 Å². The van der Waals surface area contributed by atoms with Crippen LogP contribution in [0.5, 0.6) is 11.5 Å². The molecule has 0 spiro atoms. The van der Waals surface area contributed by atoms with Crippen molar-refractivity contribution >= 4 is 0 Å². The standard InChI is InChI=1S/C16H17F2NO/c1-2-12(19)10-14-15(18)7-4-8-16(14)20-13-6-3-5-11(17)9-13/h3-9,12H,2,10,19H2,1H3. The Hall–Kier alpha value is -1.94. The number of halogens is 2. The van der Waals surface area contributed by atoms with Gasteiger partial charge < -0.3 is 10.5 Å². The topological polar surface area (TPSA) is 35.2 Å². The van der Waals surface area contributed by atoms with Crippen molar-refractivity contribution < 1.29 is 13.5 Å². The summed E-state index contributed by atoms with van der Waals surface area (Å²) in [5, 5.41) is 0. The van der Waals surface area contributed by atoms with Crippen molar-refractivity contribution in [3.63, 3.8) is 0 Å². The van der Waals surface area contributed by atoms with Gasteiger partial charge in [0.05, 0.1) is 0 Å². The first kappa shape index (κ1) is 14.5.